The second-order valence-corrected chi connectivity index (χ2v) is 5.09. The van der Waals surface area contributed by atoms with Crippen molar-refractivity contribution in [2.24, 2.45) is 0 Å². The molecule has 0 spiro atoms. The highest BCUT2D eigenvalue weighted by atomic mass is 16.3. The second-order valence-electron chi connectivity index (χ2n) is 5.09. The van der Waals surface area contributed by atoms with Crippen LogP contribution < -0.4 is 16.2 Å². The van der Waals surface area contributed by atoms with Gasteiger partial charge < -0.3 is 20.0 Å². The number of piperidine rings is 1. The molecule has 0 bridgehead atoms. The molecule has 0 aromatic carbocycles. The zero-order valence-electron chi connectivity index (χ0n) is 11.5. The van der Waals surface area contributed by atoms with Gasteiger partial charge in [-0.1, -0.05) is 0 Å². The summed E-state index contributed by atoms with van der Waals surface area (Å²) in [5.41, 5.74) is 0.280. The quantitative estimate of drug-likeness (QED) is 0.789. The Hall–Kier alpha value is -2.34. The van der Waals surface area contributed by atoms with E-state index in [1.807, 2.05) is 0 Å². The topological polar surface area (TPSA) is 87.1 Å². The van der Waals surface area contributed by atoms with Crippen molar-refractivity contribution in [1.29, 1.82) is 0 Å². The van der Waals surface area contributed by atoms with Crippen LogP contribution in [0.25, 0.3) is 11.5 Å². The standard InChI is InChI=1S/C15H17N3O3/c19-14(17-10-5-7-16-8-6-10)11-3-4-12(18-15(11)20)13-2-1-9-21-13/h1-4,9-10,16H,5-8H2,(H,17,19)(H,18,20). The van der Waals surface area contributed by atoms with Crippen LogP contribution >= 0.6 is 0 Å². The van der Waals surface area contributed by atoms with Crippen LogP contribution in [0, 0.1) is 0 Å². The fourth-order valence-corrected chi connectivity index (χ4v) is 2.46. The molecule has 21 heavy (non-hydrogen) atoms. The number of nitrogens with one attached hydrogen (secondary N) is 3. The Labute approximate surface area is 121 Å². The lowest BCUT2D eigenvalue weighted by molar-refractivity contribution is 0.0928. The minimum Gasteiger partial charge on any atom is -0.463 e. The van der Waals surface area contributed by atoms with Gasteiger partial charge in [-0.25, -0.2) is 0 Å². The number of carbonyl (C=O) groups is 1. The molecule has 6 heteroatoms. The number of pyridine rings is 1. The zero-order valence-corrected chi connectivity index (χ0v) is 11.5. The molecule has 1 saturated heterocycles. The van der Waals surface area contributed by atoms with Crippen molar-refractivity contribution in [2.45, 2.75) is 18.9 Å². The highest BCUT2D eigenvalue weighted by molar-refractivity contribution is 5.94. The summed E-state index contributed by atoms with van der Waals surface area (Å²) in [6.45, 7) is 1.78. The van der Waals surface area contributed by atoms with E-state index in [0.717, 1.165) is 25.9 Å². The Balaban J connectivity index is 1.76. The first kappa shape index (κ1) is 13.6. The largest absolute Gasteiger partial charge is 0.463 e. The van der Waals surface area contributed by atoms with Crippen molar-refractivity contribution < 1.29 is 9.21 Å². The Bertz CT molecular complexity index is 670. The van der Waals surface area contributed by atoms with Gasteiger partial charge in [0.05, 0.1) is 12.0 Å². The molecule has 3 rings (SSSR count). The third-order valence-electron chi connectivity index (χ3n) is 3.62. The first-order valence-electron chi connectivity index (χ1n) is 7.03. The van der Waals surface area contributed by atoms with Crippen LogP contribution in [0.15, 0.2) is 39.7 Å². The fraction of sp³-hybridized carbons (Fsp3) is 0.333. The van der Waals surface area contributed by atoms with E-state index in [0.29, 0.717) is 11.5 Å². The summed E-state index contributed by atoms with van der Waals surface area (Å²) in [5.74, 6) is 0.242. The van der Waals surface area contributed by atoms with Gasteiger partial charge >= 0.3 is 0 Å². The van der Waals surface area contributed by atoms with Crippen molar-refractivity contribution in [3.8, 4) is 11.5 Å². The summed E-state index contributed by atoms with van der Waals surface area (Å²) < 4.78 is 5.22. The first-order valence-corrected chi connectivity index (χ1v) is 7.03. The minimum atomic E-state index is -0.407. The summed E-state index contributed by atoms with van der Waals surface area (Å²) in [5, 5.41) is 6.14. The molecule has 1 aliphatic heterocycles. The summed E-state index contributed by atoms with van der Waals surface area (Å²) in [6.07, 6.45) is 3.30. The van der Waals surface area contributed by atoms with Crippen LogP contribution in [-0.2, 0) is 0 Å². The molecular weight excluding hydrogens is 270 g/mol. The third-order valence-corrected chi connectivity index (χ3v) is 3.62. The normalized spacial score (nSPS) is 15.8. The minimum absolute atomic E-state index is 0.128. The van der Waals surface area contributed by atoms with Gasteiger partial charge in [0.15, 0.2) is 0 Å². The van der Waals surface area contributed by atoms with Gasteiger partial charge in [-0.2, -0.15) is 0 Å². The SMILES string of the molecule is O=C(NC1CCNCC1)c1ccc(-c2ccco2)[nH]c1=O. The maximum absolute atomic E-state index is 12.2. The highest BCUT2D eigenvalue weighted by Crippen LogP contribution is 2.15. The molecule has 3 N–H and O–H groups in total. The van der Waals surface area contributed by atoms with Crippen molar-refractivity contribution >= 4 is 5.91 Å². The molecule has 0 radical (unpaired) electrons. The Morgan fingerprint density at radius 1 is 1.24 bits per heavy atom. The van der Waals surface area contributed by atoms with Crippen molar-refractivity contribution in [3.63, 3.8) is 0 Å². The molecule has 2 aromatic rings. The number of amides is 1. The molecule has 0 atom stereocenters. The van der Waals surface area contributed by atoms with Gasteiger partial charge in [0.25, 0.3) is 11.5 Å². The summed E-state index contributed by atoms with van der Waals surface area (Å²) >= 11 is 0. The molecule has 3 heterocycles. The number of hydrogen-bond donors (Lipinski definition) is 3. The molecule has 0 saturated carbocycles. The summed E-state index contributed by atoms with van der Waals surface area (Å²) in [7, 11) is 0. The monoisotopic (exact) mass is 287 g/mol. The summed E-state index contributed by atoms with van der Waals surface area (Å²) in [6, 6.07) is 6.83. The maximum atomic E-state index is 12.2. The third kappa shape index (κ3) is 3.05. The van der Waals surface area contributed by atoms with Gasteiger partial charge in [0.1, 0.15) is 11.3 Å². The number of H-pyrrole nitrogens is 1. The lowest BCUT2D eigenvalue weighted by atomic mass is 10.1. The van der Waals surface area contributed by atoms with E-state index < -0.39 is 5.56 Å². The molecular formula is C15H17N3O3. The average molecular weight is 287 g/mol. The molecule has 1 amide bonds. The van der Waals surface area contributed by atoms with E-state index >= 15 is 0 Å². The van der Waals surface area contributed by atoms with E-state index in [9.17, 15) is 9.59 Å². The fourth-order valence-electron chi connectivity index (χ4n) is 2.46. The predicted octanol–water partition coefficient (Wildman–Crippen LogP) is 1.12. The van der Waals surface area contributed by atoms with Crippen molar-refractivity contribution in [1.82, 2.24) is 15.6 Å². The number of furan rings is 1. The predicted molar refractivity (Wildman–Crippen MR) is 78.1 cm³/mol. The Morgan fingerprint density at radius 2 is 2.05 bits per heavy atom. The first-order chi connectivity index (χ1) is 10.2. The van der Waals surface area contributed by atoms with Gasteiger partial charge in [0, 0.05) is 6.04 Å². The van der Waals surface area contributed by atoms with Gasteiger partial charge in [-0.05, 0) is 50.2 Å². The van der Waals surface area contributed by atoms with Crippen LogP contribution in [0.5, 0.6) is 0 Å². The van der Waals surface area contributed by atoms with E-state index in [-0.39, 0.29) is 17.5 Å². The van der Waals surface area contributed by atoms with Crippen LogP contribution in [0.1, 0.15) is 23.2 Å². The smallest absolute Gasteiger partial charge is 0.261 e. The molecule has 0 aliphatic carbocycles. The van der Waals surface area contributed by atoms with Crippen molar-refractivity contribution in [2.75, 3.05) is 13.1 Å². The second kappa shape index (κ2) is 5.97. The summed E-state index contributed by atoms with van der Waals surface area (Å²) in [4.78, 5) is 26.9. The zero-order chi connectivity index (χ0) is 14.7. The molecule has 1 fully saturated rings. The van der Waals surface area contributed by atoms with E-state index in [2.05, 4.69) is 15.6 Å². The molecule has 110 valence electrons. The maximum Gasteiger partial charge on any atom is 0.261 e. The van der Waals surface area contributed by atoms with Crippen molar-refractivity contribution in [3.05, 3.63) is 46.4 Å². The molecule has 0 unspecified atom stereocenters. The van der Waals surface area contributed by atoms with Gasteiger partial charge in [0.2, 0.25) is 0 Å². The molecule has 2 aromatic heterocycles. The van der Waals surface area contributed by atoms with E-state index in [4.69, 9.17) is 4.42 Å². The van der Waals surface area contributed by atoms with Crippen LogP contribution in [0.2, 0.25) is 0 Å². The Kier molecular flexibility index (Phi) is 3.87. The number of hydrogen-bond acceptors (Lipinski definition) is 4. The highest BCUT2D eigenvalue weighted by Gasteiger charge is 2.18. The van der Waals surface area contributed by atoms with Crippen LogP contribution in [0.4, 0.5) is 0 Å². The van der Waals surface area contributed by atoms with E-state index in [1.165, 1.54) is 12.3 Å². The van der Waals surface area contributed by atoms with E-state index in [1.54, 1.807) is 18.2 Å². The number of aromatic nitrogens is 1. The Morgan fingerprint density at radius 3 is 2.71 bits per heavy atom. The van der Waals surface area contributed by atoms with Crippen LogP contribution in [-0.4, -0.2) is 30.0 Å². The van der Waals surface area contributed by atoms with Crippen LogP contribution in [0.3, 0.4) is 0 Å². The number of aromatic amines is 1. The molecule has 6 nitrogen and oxygen atoms in total. The lowest BCUT2D eigenvalue weighted by Gasteiger charge is -2.23. The lowest BCUT2D eigenvalue weighted by Crippen LogP contribution is -2.43. The van der Waals surface area contributed by atoms with Gasteiger partial charge in [-0.3, -0.25) is 9.59 Å². The average Bonchev–Trinajstić information content (AvgIpc) is 3.02. The number of rotatable bonds is 3. The molecule has 1 aliphatic rings. The number of carbonyl (C=O) groups excluding carboxylic acids is 1. The van der Waals surface area contributed by atoms with Gasteiger partial charge in [-0.15, -0.1) is 0 Å².